The fourth-order valence-electron chi connectivity index (χ4n) is 3.98. The van der Waals surface area contributed by atoms with Crippen LogP contribution in [0.3, 0.4) is 0 Å². The standard InChI is InChI=1S/C25H22O6/c1-26-23-9-16(10-24(27-2)25(23)28-3)17-11-19(15-7-5-4-6-8-15)31-20-13-22-21(12-18(17)20)29-14-30-22/h4-13,17H,14H2,1-3H3. The lowest BCUT2D eigenvalue weighted by atomic mass is 9.87. The fourth-order valence-corrected chi connectivity index (χ4v) is 3.98. The maximum absolute atomic E-state index is 6.29. The van der Waals surface area contributed by atoms with Crippen LogP contribution < -0.4 is 28.4 Å². The SMILES string of the molecule is COc1cc(C2C=C(c3ccccc3)Oc3cc4c(cc32)OCO4)cc(OC)c1OC. The van der Waals surface area contributed by atoms with Gasteiger partial charge < -0.3 is 28.4 Å². The van der Waals surface area contributed by atoms with Gasteiger partial charge in [-0.2, -0.15) is 0 Å². The topological polar surface area (TPSA) is 55.4 Å². The summed E-state index contributed by atoms with van der Waals surface area (Å²) in [5.41, 5.74) is 2.94. The maximum Gasteiger partial charge on any atom is 0.231 e. The van der Waals surface area contributed by atoms with Crippen LogP contribution in [0.15, 0.2) is 60.7 Å². The Hall–Kier alpha value is -3.80. The van der Waals surface area contributed by atoms with Crippen LogP contribution in [0, 0.1) is 0 Å². The molecule has 5 rings (SSSR count). The molecule has 0 radical (unpaired) electrons. The van der Waals surface area contributed by atoms with Crippen molar-refractivity contribution in [1.82, 2.24) is 0 Å². The zero-order chi connectivity index (χ0) is 21.4. The Balaban J connectivity index is 1.70. The predicted molar refractivity (Wildman–Crippen MR) is 116 cm³/mol. The number of hydrogen-bond donors (Lipinski definition) is 0. The maximum atomic E-state index is 6.29. The van der Waals surface area contributed by atoms with E-state index >= 15 is 0 Å². The number of hydrogen-bond acceptors (Lipinski definition) is 6. The molecule has 6 heteroatoms. The third-order valence-corrected chi connectivity index (χ3v) is 5.48. The first kappa shape index (κ1) is 19.2. The van der Waals surface area contributed by atoms with Gasteiger partial charge in [-0.25, -0.2) is 0 Å². The first-order valence-corrected chi connectivity index (χ1v) is 9.90. The van der Waals surface area contributed by atoms with Crippen LogP contribution in [0.2, 0.25) is 0 Å². The highest BCUT2D eigenvalue weighted by Crippen LogP contribution is 2.49. The van der Waals surface area contributed by atoms with E-state index in [4.69, 9.17) is 28.4 Å². The van der Waals surface area contributed by atoms with Crippen LogP contribution in [-0.2, 0) is 0 Å². The van der Waals surface area contributed by atoms with Gasteiger partial charge in [-0.1, -0.05) is 30.3 Å². The van der Waals surface area contributed by atoms with E-state index in [1.165, 1.54) is 0 Å². The Morgan fingerprint density at radius 2 is 1.45 bits per heavy atom. The van der Waals surface area contributed by atoms with Crippen LogP contribution in [0.25, 0.3) is 5.76 Å². The Morgan fingerprint density at radius 3 is 2.10 bits per heavy atom. The third-order valence-electron chi connectivity index (χ3n) is 5.48. The minimum atomic E-state index is -0.123. The van der Waals surface area contributed by atoms with Crippen molar-refractivity contribution in [2.24, 2.45) is 0 Å². The second-order valence-corrected chi connectivity index (χ2v) is 7.18. The summed E-state index contributed by atoms with van der Waals surface area (Å²) in [5, 5.41) is 0. The zero-order valence-electron chi connectivity index (χ0n) is 17.5. The fraction of sp³-hybridized carbons (Fsp3) is 0.200. The molecule has 158 valence electrons. The number of allylic oxidation sites excluding steroid dienone is 1. The molecule has 3 aromatic rings. The van der Waals surface area contributed by atoms with Crippen molar-refractivity contribution in [2.45, 2.75) is 5.92 Å². The van der Waals surface area contributed by atoms with Gasteiger partial charge >= 0.3 is 0 Å². The average molecular weight is 418 g/mol. The van der Waals surface area contributed by atoms with Gasteiger partial charge in [0.15, 0.2) is 23.0 Å². The summed E-state index contributed by atoms with van der Waals surface area (Å²) in [6, 6.07) is 17.8. The second-order valence-electron chi connectivity index (χ2n) is 7.18. The molecule has 1 unspecified atom stereocenters. The lowest BCUT2D eigenvalue weighted by molar-refractivity contribution is 0.174. The first-order chi connectivity index (χ1) is 15.2. The van der Waals surface area contributed by atoms with E-state index < -0.39 is 0 Å². The van der Waals surface area contributed by atoms with Gasteiger partial charge in [0.05, 0.1) is 21.3 Å². The molecule has 0 saturated heterocycles. The van der Waals surface area contributed by atoms with Crippen molar-refractivity contribution >= 4 is 5.76 Å². The highest BCUT2D eigenvalue weighted by atomic mass is 16.7. The predicted octanol–water partition coefficient (Wildman–Crippen LogP) is 5.01. The van der Waals surface area contributed by atoms with Gasteiger partial charge in [-0.05, 0) is 29.8 Å². The highest BCUT2D eigenvalue weighted by molar-refractivity contribution is 5.71. The lowest BCUT2D eigenvalue weighted by Crippen LogP contribution is -2.11. The third kappa shape index (κ3) is 3.30. The summed E-state index contributed by atoms with van der Waals surface area (Å²) in [6.45, 7) is 0.200. The number of ether oxygens (including phenoxy) is 6. The van der Waals surface area contributed by atoms with Gasteiger partial charge in [-0.3, -0.25) is 0 Å². The van der Waals surface area contributed by atoms with E-state index in [-0.39, 0.29) is 12.7 Å². The molecule has 0 bridgehead atoms. The van der Waals surface area contributed by atoms with Gasteiger partial charge in [-0.15, -0.1) is 0 Å². The molecule has 2 aliphatic heterocycles. The van der Waals surface area contributed by atoms with E-state index in [0.29, 0.717) is 28.7 Å². The van der Waals surface area contributed by atoms with Crippen molar-refractivity contribution in [3.05, 3.63) is 77.4 Å². The van der Waals surface area contributed by atoms with E-state index in [0.717, 1.165) is 28.2 Å². The molecular weight excluding hydrogens is 396 g/mol. The van der Waals surface area contributed by atoms with Crippen molar-refractivity contribution in [1.29, 1.82) is 0 Å². The molecule has 2 aliphatic rings. The van der Waals surface area contributed by atoms with Crippen LogP contribution >= 0.6 is 0 Å². The molecule has 0 aliphatic carbocycles. The molecular formula is C25H22O6. The molecule has 6 nitrogen and oxygen atoms in total. The molecule has 0 spiro atoms. The normalized spacial score (nSPS) is 16.1. The van der Waals surface area contributed by atoms with Crippen LogP contribution in [0.1, 0.15) is 22.6 Å². The van der Waals surface area contributed by atoms with E-state index in [1.807, 2.05) is 54.6 Å². The van der Waals surface area contributed by atoms with Crippen molar-refractivity contribution in [3.8, 4) is 34.5 Å². The smallest absolute Gasteiger partial charge is 0.231 e. The number of fused-ring (bicyclic) bond motifs is 2. The van der Waals surface area contributed by atoms with E-state index in [9.17, 15) is 0 Å². The highest BCUT2D eigenvalue weighted by Gasteiger charge is 2.30. The van der Waals surface area contributed by atoms with E-state index in [1.54, 1.807) is 21.3 Å². The molecule has 0 saturated carbocycles. The van der Waals surface area contributed by atoms with Crippen LogP contribution in [-0.4, -0.2) is 28.1 Å². The van der Waals surface area contributed by atoms with Crippen LogP contribution in [0.5, 0.6) is 34.5 Å². The average Bonchev–Trinajstić information content (AvgIpc) is 3.28. The summed E-state index contributed by atoms with van der Waals surface area (Å²) in [6.07, 6.45) is 2.10. The molecule has 1 atom stereocenters. The molecule has 0 fully saturated rings. The monoisotopic (exact) mass is 418 g/mol. The summed E-state index contributed by atoms with van der Waals surface area (Å²) < 4.78 is 34.1. The van der Waals surface area contributed by atoms with Crippen molar-refractivity contribution < 1.29 is 28.4 Å². The summed E-state index contributed by atoms with van der Waals surface area (Å²) in [5.74, 6) is 4.50. The summed E-state index contributed by atoms with van der Waals surface area (Å²) in [7, 11) is 4.82. The second kappa shape index (κ2) is 7.80. The summed E-state index contributed by atoms with van der Waals surface area (Å²) in [4.78, 5) is 0. The van der Waals surface area contributed by atoms with Crippen molar-refractivity contribution in [2.75, 3.05) is 28.1 Å². The van der Waals surface area contributed by atoms with E-state index in [2.05, 4.69) is 6.08 Å². The first-order valence-electron chi connectivity index (χ1n) is 9.90. The summed E-state index contributed by atoms with van der Waals surface area (Å²) >= 11 is 0. The minimum Gasteiger partial charge on any atom is -0.493 e. The molecule has 31 heavy (non-hydrogen) atoms. The Bertz CT molecular complexity index is 1130. The Morgan fingerprint density at radius 1 is 0.774 bits per heavy atom. The number of rotatable bonds is 5. The van der Waals surface area contributed by atoms with Crippen LogP contribution in [0.4, 0.5) is 0 Å². The number of methoxy groups -OCH3 is 3. The quantitative estimate of drug-likeness (QED) is 0.581. The Labute approximate surface area is 180 Å². The van der Waals surface area contributed by atoms with Gasteiger partial charge in [0, 0.05) is 23.1 Å². The minimum absolute atomic E-state index is 0.123. The molecule has 3 aromatic carbocycles. The zero-order valence-corrected chi connectivity index (χ0v) is 17.5. The van der Waals surface area contributed by atoms with Crippen molar-refractivity contribution in [3.63, 3.8) is 0 Å². The van der Waals surface area contributed by atoms with Gasteiger partial charge in [0.25, 0.3) is 0 Å². The van der Waals surface area contributed by atoms with Gasteiger partial charge in [0.1, 0.15) is 11.5 Å². The molecule has 0 amide bonds. The van der Waals surface area contributed by atoms with Gasteiger partial charge in [0.2, 0.25) is 12.5 Å². The largest absolute Gasteiger partial charge is 0.493 e. The number of benzene rings is 3. The Kier molecular flexibility index (Phi) is 4.82. The molecule has 0 N–H and O–H groups in total. The molecule has 2 heterocycles. The molecule has 0 aromatic heterocycles. The lowest BCUT2D eigenvalue weighted by Gasteiger charge is -2.27.